The summed E-state index contributed by atoms with van der Waals surface area (Å²) >= 11 is 0. The van der Waals surface area contributed by atoms with Gasteiger partial charge in [-0.25, -0.2) is 9.59 Å². The number of carbonyl (C=O) groups is 4. The minimum Gasteiger partial charge on any atom is -0.497 e. The van der Waals surface area contributed by atoms with Crippen LogP contribution < -0.4 is 24.6 Å². The van der Waals surface area contributed by atoms with Crippen LogP contribution in [0.15, 0.2) is 101 Å². The van der Waals surface area contributed by atoms with E-state index in [1.54, 1.807) is 101 Å². The van der Waals surface area contributed by atoms with Crippen LogP contribution in [0.3, 0.4) is 0 Å². The predicted molar refractivity (Wildman–Crippen MR) is 251 cm³/mol. The van der Waals surface area contributed by atoms with E-state index in [-0.39, 0.29) is 36.6 Å². The molecule has 3 heterocycles. The zero-order valence-corrected chi connectivity index (χ0v) is 39.6. The van der Waals surface area contributed by atoms with E-state index in [1.165, 1.54) is 12.1 Å². The normalized spacial score (nSPS) is 14.5. The molecule has 5 amide bonds. The molecule has 0 saturated carbocycles. The number of alkyl halides is 6. The Bertz CT molecular complexity index is 2560. The lowest BCUT2D eigenvalue weighted by Crippen LogP contribution is -2.52. The lowest BCUT2D eigenvalue weighted by atomic mass is 10.1. The molecule has 0 radical (unpaired) electrons. The summed E-state index contributed by atoms with van der Waals surface area (Å²) in [4.78, 5) is 61.7. The van der Waals surface area contributed by atoms with Crippen LogP contribution in [0.1, 0.15) is 41.2 Å². The molecule has 22 heteroatoms. The highest BCUT2D eigenvalue weighted by Crippen LogP contribution is 2.31. The first-order valence-electron chi connectivity index (χ1n) is 22.7. The smallest absolute Gasteiger partial charge is 0.471 e. The number of Topliss-reactive ketones (excluding diaryl/α,β-unsaturated/α-hetero) is 1. The number of urea groups is 2. The third-order valence-corrected chi connectivity index (χ3v) is 11.9. The van der Waals surface area contributed by atoms with Crippen molar-refractivity contribution >= 4 is 35.1 Å². The number of halogens is 6. The van der Waals surface area contributed by atoms with Gasteiger partial charge in [-0.15, -0.1) is 10.2 Å². The minimum absolute atomic E-state index is 0.121. The van der Waals surface area contributed by atoms with Crippen molar-refractivity contribution in [3.63, 3.8) is 0 Å². The largest absolute Gasteiger partial charge is 0.497 e. The van der Waals surface area contributed by atoms with Crippen LogP contribution in [0, 0.1) is 0 Å². The molecule has 380 valence electrons. The second kappa shape index (κ2) is 24.1. The van der Waals surface area contributed by atoms with E-state index < -0.39 is 36.5 Å². The first-order chi connectivity index (χ1) is 33.9. The van der Waals surface area contributed by atoms with Crippen LogP contribution >= 0.6 is 0 Å². The van der Waals surface area contributed by atoms with Gasteiger partial charge < -0.3 is 38.8 Å². The summed E-state index contributed by atoms with van der Waals surface area (Å²) in [6.45, 7) is 11.4. The molecule has 0 spiro atoms. The number of hydrogen-bond donors (Lipinski definition) is 1. The third-order valence-electron chi connectivity index (χ3n) is 11.9. The number of nitrogens with zero attached hydrogens (tertiary/aromatic N) is 8. The molecule has 16 nitrogen and oxygen atoms in total. The van der Waals surface area contributed by atoms with Crippen molar-refractivity contribution in [2.24, 2.45) is 0 Å². The van der Waals surface area contributed by atoms with Gasteiger partial charge in [0.2, 0.25) is 5.89 Å². The average molecular weight is 996 g/mol. The summed E-state index contributed by atoms with van der Waals surface area (Å²) in [6.07, 6.45) is -9.76. The molecule has 1 N–H and O–H groups in total. The highest BCUT2D eigenvalue weighted by Gasteiger charge is 2.39. The SMILES string of the molecule is CCN1CCN(C(=O)N(Cc2ccc(-c3nnc(C(F)(F)F)o3)cc2)c2cccc(OC)c2)CC1.CCN1CCN(C(=O)N(Cc2ccc(C(=O)CNC(=O)C(F)(F)F)cc2)c2cccc(OC)c2)CC1. The minimum atomic E-state index is -5.05. The lowest BCUT2D eigenvalue weighted by molar-refractivity contribution is -0.173. The van der Waals surface area contributed by atoms with Gasteiger partial charge in [0, 0.05) is 87.0 Å². The quantitative estimate of drug-likeness (QED) is 0.0854. The van der Waals surface area contributed by atoms with Crippen molar-refractivity contribution in [2.45, 2.75) is 39.3 Å². The molecule has 0 aliphatic carbocycles. The number of amides is 5. The van der Waals surface area contributed by atoms with Crippen molar-refractivity contribution in [3.05, 3.63) is 120 Å². The van der Waals surface area contributed by atoms with Crippen LogP contribution in [-0.4, -0.2) is 146 Å². The molecule has 4 aromatic carbocycles. The maximum Gasteiger partial charge on any atom is 0.471 e. The molecular weight excluding hydrogens is 941 g/mol. The Kier molecular flexibility index (Phi) is 18.0. The van der Waals surface area contributed by atoms with E-state index in [9.17, 15) is 45.5 Å². The third kappa shape index (κ3) is 14.4. The van der Waals surface area contributed by atoms with E-state index in [2.05, 4.69) is 33.8 Å². The number of ether oxygens (including phenoxy) is 2. The van der Waals surface area contributed by atoms with Gasteiger partial charge in [-0.1, -0.05) is 62.4 Å². The predicted octanol–water partition coefficient (Wildman–Crippen LogP) is 7.85. The molecule has 5 aromatic rings. The topological polar surface area (TPSA) is 157 Å². The molecule has 71 heavy (non-hydrogen) atoms. The standard InChI is InChI=1S/C25H29F3N4O4.C24H26F3N5O3/c1-3-30-11-13-31(14-12-30)24(35)32(20-5-4-6-21(15-20)36-2)17-18-7-9-19(10-8-18)22(33)16-29-23(34)25(26,27)28;1-3-30-11-13-31(14-12-30)23(33)32(19-5-4-6-20(15-19)34-2)16-17-7-9-18(10-8-17)21-28-29-22(35-21)24(25,26)27/h4-10,15H,3,11-14,16-17H2,1-2H3,(H,29,34);4-10,15H,3,11-14,16H2,1-2H3. The number of aromatic nitrogens is 2. The van der Waals surface area contributed by atoms with E-state index >= 15 is 0 Å². The monoisotopic (exact) mass is 995 g/mol. The fourth-order valence-corrected chi connectivity index (χ4v) is 7.68. The van der Waals surface area contributed by atoms with Crippen molar-refractivity contribution in [3.8, 4) is 23.0 Å². The van der Waals surface area contributed by atoms with E-state index in [4.69, 9.17) is 13.9 Å². The van der Waals surface area contributed by atoms with Gasteiger partial charge >= 0.3 is 36.2 Å². The van der Waals surface area contributed by atoms with Gasteiger partial charge in [0.25, 0.3) is 0 Å². The van der Waals surface area contributed by atoms with Gasteiger partial charge in [-0.05, 0) is 60.6 Å². The molecular formula is C49H55F6N9O7. The fraction of sp³-hybridized carbons (Fsp3) is 0.388. The molecule has 0 unspecified atom stereocenters. The summed E-state index contributed by atoms with van der Waals surface area (Å²) in [5, 5.41) is 8.12. The Hall–Kier alpha value is -7.20. The van der Waals surface area contributed by atoms with Gasteiger partial charge in [-0.3, -0.25) is 19.4 Å². The second-order valence-corrected chi connectivity index (χ2v) is 16.4. The number of likely N-dealkylation sites (N-methyl/N-ethyl adjacent to an activating group) is 2. The Morgan fingerprint density at radius 2 is 1.08 bits per heavy atom. The summed E-state index contributed by atoms with van der Waals surface area (Å²) in [6, 6.07) is 27.0. The van der Waals surface area contributed by atoms with Crippen LogP contribution in [0.4, 0.5) is 47.3 Å². The van der Waals surface area contributed by atoms with E-state index in [1.807, 2.05) is 23.1 Å². The van der Waals surface area contributed by atoms with Crippen LogP contribution in [-0.2, 0) is 24.1 Å². The lowest BCUT2D eigenvalue weighted by Gasteiger charge is -2.37. The van der Waals surface area contributed by atoms with Crippen molar-refractivity contribution in [1.82, 2.24) is 35.1 Å². The molecule has 2 saturated heterocycles. The van der Waals surface area contributed by atoms with Crippen molar-refractivity contribution < 1.29 is 59.4 Å². The van der Waals surface area contributed by atoms with Crippen molar-refractivity contribution in [1.29, 1.82) is 0 Å². The van der Waals surface area contributed by atoms with Gasteiger partial charge in [0.05, 0.1) is 33.9 Å². The number of rotatable bonds is 14. The number of methoxy groups -OCH3 is 2. The molecule has 0 bridgehead atoms. The zero-order chi connectivity index (χ0) is 51.3. The molecule has 1 aromatic heterocycles. The molecule has 2 aliphatic rings. The van der Waals surface area contributed by atoms with Gasteiger partial charge in [-0.2, -0.15) is 26.3 Å². The number of piperazine rings is 2. The highest BCUT2D eigenvalue weighted by molar-refractivity contribution is 6.00. The zero-order valence-electron chi connectivity index (χ0n) is 39.6. The van der Waals surface area contributed by atoms with E-state index in [0.717, 1.165) is 44.8 Å². The maximum absolute atomic E-state index is 13.5. The first-order valence-corrected chi connectivity index (χ1v) is 22.7. The number of anilines is 2. The Labute approximate surface area is 406 Å². The maximum atomic E-state index is 13.5. The number of hydrogen-bond acceptors (Lipinski definition) is 11. The fourth-order valence-electron chi connectivity index (χ4n) is 7.68. The Morgan fingerprint density at radius 3 is 1.48 bits per heavy atom. The highest BCUT2D eigenvalue weighted by atomic mass is 19.4. The number of nitrogens with one attached hydrogen (secondary N) is 1. The van der Waals surface area contributed by atoms with Crippen LogP contribution in [0.5, 0.6) is 11.5 Å². The summed E-state index contributed by atoms with van der Waals surface area (Å²) < 4.78 is 90.7. The molecule has 2 fully saturated rings. The van der Waals surface area contributed by atoms with Gasteiger partial charge in [0.1, 0.15) is 11.5 Å². The van der Waals surface area contributed by atoms with Crippen LogP contribution in [0.2, 0.25) is 0 Å². The summed E-state index contributed by atoms with van der Waals surface area (Å²) in [5.74, 6) is -3.22. The van der Waals surface area contributed by atoms with Gasteiger partial charge in [0.15, 0.2) is 5.78 Å². The number of ketones is 1. The number of carbonyl (C=O) groups excluding carboxylic acids is 4. The second-order valence-electron chi connectivity index (χ2n) is 16.4. The van der Waals surface area contributed by atoms with E-state index in [0.29, 0.717) is 60.2 Å². The average Bonchev–Trinajstić information content (AvgIpc) is 3.91. The Morgan fingerprint density at radius 1 is 0.634 bits per heavy atom. The van der Waals surface area contributed by atoms with Crippen molar-refractivity contribution in [2.75, 3.05) is 96.0 Å². The first kappa shape index (κ1) is 53.2. The molecule has 0 atom stereocenters. The Balaban J connectivity index is 0.000000232. The number of benzene rings is 4. The van der Waals surface area contributed by atoms with Crippen LogP contribution in [0.25, 0.3) is 11.5 Å². The molecule has 7 rings (SSSR count). The summed E-state index contributed by atoms with van der Waals surface area (Å²) in [7, 11) is 3.11. The molecule has 2 aliphatic heterocycles. The summed E-state index contributed by atoms with van der Waals surface area (Å²) in [5.41, 5.74) is 3.33.